The molecule has 0 amide bonds. The van der Waals surface area contributed by atoms with E-state index < -0.39 is 0 Å². The third-order valence-corrected chi connectivity index (χ3v) is 17.3. The van der Waals surface area contributed by atoms with E-state index in [4.69, 9.17) is 0 Å². The van der Waals surface area contributed by atoms with E-state index in [0.717, 1.165) is 0 Å². The normalized spacial score (nSPS) is 16.3. The van der Waals surface area contributed by atoms with Crippen molar-refractivity contribution in [2.75, 3.05) is 14.7 Å². The summed E-state index contributed by atoms with van der Waals surface area (Å²) in [5, 5.41) is 2.55. The molecule has 7 aromatic carbocycles. The first-order valence-electron chi connectivity index (χ1n) is 25.6. The van der Waals surface area contributed by atoms with Gasteiger partial charge in [0.2, 0.25) is 0 Å². The topological polar surface area (TPSA) is 9.72 Å². The maximum absolute atomic E-state index is 2.66. The van der Waals surface area contributed by atoms with E-state index in [9.17, 15) is 0 Å². The van der Waals surface area contributed by atoms with Crippen molar-refractivity contribution in [3.8, 4) is 22.3 Å². The maximum Gasteiger partial charge on any atom is 0.126 e. The van der Waals surface area contributed by atoms with Crippen molar-refractivity contribution in [1.82, 2.24) is 0 Å². The summed E-state index contributed by atoms with van der Waals surface area (Å²) >= 11 is 1.95. The molecule has 0 N–H and O–H groups in total. The molecule has 0 saturated heterocycles. The standard InChI is InChI=1S/C65H67N3S/c1-62(2,3)44-25-30-47(31-26-44)66-54-34-29-46(64(7,8)9)37-55(54)68-60-56(66)35-43(42-23-21-41(22-24-42)40-17-13-12-14-18-40)36-57(60)67(48-32-27-45(28-33-48)63(4,5)6)59-51-38-50-49-19-15-16-20-52(49)65(10,11)53(50)39-58(51)69-61(59)68/h15-16,19-40H,12-14,17-18H2,1-11H3. The Morgan fingerprint density at radius 1 is 0.464 bits per heavy atom. The van der Waals surface area contributed by atoms with E-state index in [1.54, 1.807) is 0 Å². The van der Waals surface area contributed by atoms with Crippen LogP contribution in [0.1, 0.15) is 148 Å². The lowest BCUT2D eigenvalue weighted by atomic mass is 9.82. The predicted molar refractivity (Wildman–Crippen MR) is 298 cm³/mol. The van der Waals surface area contributed by atoms with Gasteiger partial charge in [0.05, 0.1) is 34.1 Å². The Balaban J connectivity index is 1.18. The number of thiophene rings is 1. The summed E-state index contributed by atoms with van der Waals surface area (Å²) in [7, 11) is 0. The van der Waals surface area contributed by atoms with Crippen LogP contribution in [0.5, 0.6) is 0 Å². The lowest BCUT2D eigenvalue weighted by Gasteiger charge is -2.46. The van der Waals surface area contributed by atoms with Gasteiger partial charge in [-0.25, -0.2) is 0 Å². The predicted octanol–water partition coefficient (Wildman–Crippen LogP) is 19.9. The lowest BCUT2D eigenvalue weighted by Crippen LogP contribution is -2.30. The van der Waals surface area contributed by atoms with E-state index in [1.807, 2.05) is 11.3 Å². The average Bonchev–Trinajstić information content (AvgIpc) is 3.81. The van der Waals surface area contributed by atoms with Crippen molar-refractivity contribution in [2.45, 2.75) is 136 Å². The van der Waals surface area contributed by atoms with Gasteiger partial charge >= 0.3 is 0 Å². The summed E-state index contributed by atoms with van der Waals surface area (Å²) in [4.78, 5) is 7.86. The molecule has 2 aliphatic heterocycles. The molecular formula is C65H67N3S. The fourth-order valence-electron chi connectivity index (χ4n) is 12.1. The number of fused-ring (bicyclic) bond motifs is 9. The molecule has 0 unspecified atom stereocenters. The highest BCUT2D eigenvalue weighted by Crippen LogP contribution is 2.68. The second kappa shape index (κ2) is 15.4. The Hall–Kier alpha value is -6.10. The Kier molecular flexibility index (Phi) is 9.88. The number of hydrogen-bond donors (Lipinski definition) is 0. The first-order chi connectivity index (χ1) is 32.9. The molecule has 12 rings (SSSR count). The van der Waals surface area contributed by atoms with E-state index in [1.165, 1.54) is 148 Å². The first-order valence-corrected chi connectivity index (χ1v) is 26.4. The van der Waals surface area contributed by atoms with Crippen LogP contribution in [-0.2, 0) is 21.7 Å². The second-order valence-electron chi connectivity index (χ2n) is 24.2. The summed E-state index contributed by atoms with van der Waals surface area (Å²) in [6.45, 7) is 25.7. The van der Waals surface area contributed by atoms with Crippen LogP contribution in [0.4, 0.5) is 50.5 Å². The molecule has 2 aliphatic carbocycles. The summed E-state index contributed by atoms with van der Waals surface area (Å²) in [6.07, 6.45) is 6.62. The molecule has 1 fully saturated rings. The molecule has 1 aromatic heterocycles. The maximum atomic E-state index is 2.66. The molecule has 69 heavy (non-hydrogen) atoms. The van der Waals surface area contributed by atoms with Crippen LogP contribution in [0, 0.1) is 0 Å². The zero-order valence-electron chi connectivity index (χ0n) is 42.6. The van der Waals surface area contributed by atoms with Gasteiger partial charge in [-0.2, -0.15) is 0 Å². The molecule has 348 valence electrons. The summed E-state index contributed by atoms with van der Waals surface area (Å²) < 4.78 is 1.32. The molecule has 4 aliphatic rings. The van der Waals surface area contributed by atoms with E-state index in [2.05, 4.69) is 230 Å². The monoisotopic (exact) mass is 922 g/mol. The Morgan fingerprint density at radius 2 is 1.04 bits per heavy atom. The van der Waals surface area contributed by atoms with E-state index in [-0.39, 0.29) is 21.7 Å². The average molecular weight is 922 g/mol. The minimum atomic E-state index is -0.104. The van der Waals surface area contributed by atoms with Crippen molar-refractivity contribution in [3.63, 3.8) is 0 Å². The van der Waals surface area contributed by atoms with Gasteiger partial charge in [-0.1, -0.05) is 174 Å². The third-order valence-electron chi connectivity index (χ3n) is 16.2. The van der Waals surface area contributed by atoms with Gasteiger partial charge in [0.15, 0.2) is 0 Å². The van der Waals surface area contributed by atoms with Crippen LogP contribution < -0.4 is 14.7 Å². The minimum absolute atomic E-state index is 0.0264. The van der Waals surface area contributed by atoms with Gasteiger partial charge in [0, 0.05) is 26.9 Å². The number of nitrogens with zero attached hydrogens (tertiary/aromatic N) is 3. The molecule has 8 aromatic rings. The van der Waals surface area contributed by atoms with Crippen LogP contribution in [0.2, 0.25) is 0 Å². The van der Waals surface area contributed by atoms with Gasteiger partial charge in [0.25, 0.3) is 0 Å². The van der Waals surface area contributed by atoms with E-state index >= 15 is 0 Å². The molecular weight excluding hydrogens is 855 g/mol. The van der Waals surface area contributed by atoms with Crippen LogP contribution >= 0.6 is 11.3 Å². The molecule has 0 atom stereocenters. The molecule has 3 nitrogen and oxygen atoms in total. The van der Waals surface area contributed by atoms with Gasteiger partial charge in [-0.15, -0.1) is 11.3 Å². The van der Waals surface area contributed by atoms with Crippen molar-refractivity contribution in [1.29, 1.82) is 0 Å². The second-order valence-corrected chi connectivity index (χ2v) is 25.2. The number of rotatable bonds is 4. The molecule has 1 saturated carbocycles. The molecule has 0 bridgehead atoms. The largest absolute Gasteiger partial charge is 0.306 e. The zero-order valence-corrected chi connectivity index (χ0v) is 43.5. The number of benzene rings is 7. The SMILES string of the molecule is CC(C)(C)c1ccc(N2c3ccc(C(C)(C)C)cc3N3c4sc5cc6c(cc5c4N(c4ccc(C(C)(C)C)cc4)c4cc(-c5ccc(C7CCCCC7)cc5)cc2c43)-c2ccccc2C6(C)C)cc1. The van der Waals surface area contributed by atoms with Gasteiger partial charge in [-0.05, 0) is 151 Å². The van der Waals surface area contributed by atoms with Crippen molar-refractivity contribution in [3.05, 3.63) is 173 Å². The van der Waals surface area contributed by atoms with Crippen LogP contribution in [0.25, 0.3) is 32.3 Å². The van der Waals surface area contributed by atoms with Crippen LogP contribution in [-0.4, -0.2) is 0 Å². The van der Waals surface area contributed by atoms with Gasteiger partial charge in [-0.3, -0.25) is 4.90 Å². The third kappa shape index (κ3) is 7.02. The fraction of sp³-hybridized carbons (Fsp3) is 0.323. The quantitative estimate of drug-likeness (QED) is 0.174. The number of hydrogen-bond acceptors (Lipinski definition) is 4. The molecule has 0 spiro atoms. The highest BCUT2D eigenvalue weighted by atomic mass is 32.1. The lowest BCUT2D eigenvalue weighted by molar-refractivity contribution is 0.443. The molecule has 4 heteroatoms. The van der Waals surface area contributed by atoms with Crippen molar-refractivity contribution < 1.29 is 0 Å². The van der Waals surface area contributed by atoms with Gasteiger partial charge < -0.3 is 9.80 Å². The van der Waals surface area contributed by atoms with Crippen LogP contribution in [0.3, 0.4) is 0 Å². The fourth-order valence-corrected chi connectivity index (χ4v) is 13.3. The highest BCUT2D eigenvalue weighted by molar-refractivity contribution is 7.24. The highest BCUT2D eigenvalue weighted by Gasteiger charge is 2.44. The smallest absolute Gasteiger partial charge is 0.126 e. The zero-order chi connectivity index (χ0) is 47.9. The summed E-state index contributed by atoms with van der Waals surface area (Å²) in [5.74, 6) is 0.656. The summed E-state index contributed by atoms with van der Waals surface area (Å²) in [5.41, 5.74) is 23.0. The Morgan fingerprint density at radius 3 is 1.67 bits per heavy atom. The minimum Gasteiger partial charge on any atom is -0.306 e. The van der Waals surface area contributed by atoms with Gasteiger partial charge in [0.1, 0.15) is 5.00 Å². The van der Waals surface area contributed by atoms with Crippen molar-refractivity contribution in [2.24, 2.45) is 0 Å². The Labute approximate surface area is 415 Å². The Bertz CT molecular complexity index is 3320. The summed E-state index contributed by atoms with van der Waals surface area (Å²) in [6, 6.07) is 55.0. The van der Waals surface area contributed by atoms with Crippen LogP contribution in [0.15, 0.2) is 140 Å². The van der Waals surface area contributed by atoms with E-state index in [0.29, 0.717) is 5.92 Å². The van der Waals surface area contributed by atoms with Crippen molar-refractivity contribution >= 4 is 71.9 Å². The first kappa shape index (κ1) is 44.1. The number of anilines is 9. The molecule has 3 heterocycles. The molecule has 0 radical (unpaired) electrons.